The van der Waals surface area contributed by atoms with E-state index in [2.05, 4.69) is 5.37 Å². The van der Waals surface area contributed by atoms with Crippen LogP contribution in [0.1, 0.15) is 51.4 Å². The van der Waals surface area contributed by atoms with E-state index in [-0.39, 0.29) is 0 Å². The van der Waals surface area contributed by atoms with Crippen LogP contribution in [0.25, 0.3) is 0 Å². The van der Waals surface area contributed by atoms with Crippen LogP contribution in [0.2, 0.25) is 0 Å². The quantitative estimate of drug-likeness (QED) is 0.540. The lowest BCUT2D eigenvalue weighted by Crippen LogP contribution is -1.99. The summed E-state index contributed by atoms with van der Waals surface area (Å²) in [6, 6.07) is 0. The second-order valence-electron chi connectivity index (χ2n) is 3.51. The highest BCUT2D eigenvalue weighted by Gasteiger charge is 2.07. The first kappa shape index (κ1) is 9.18. The predicted molar refractivity (Wildman–Crippen MR) is 53.0 cm³/mol. The van der Waals surface area contributed by atoms with Crippen LogP contribution in [0.3, 0.4) is 0 Å². The molecule has 0 atom stereocenters. The van der Waals surface area contributed by atoms with Crippen LogP contribution in [0.15, 0.2) is 0 Å². The molecule has 0 bridgehead atoms. The van der Waals surface area contributed by atoms with Crippen LogP contribution >= 0.6 is 12.2 Å². The molecule has 11 heavy (non-hydrogen) atoms. The Hall–Kier alpha value is 0.0900. The molecule has 0 N–H and O–H groups in total. The summed E-state index contributed by atoms with van der Waals surface area (Å²) in [5.41, 5.74) is 0. The maximum Gasteiger partial charge on any atom is 0.0325 e. The molecule has 0 aromatic carbocycles. The molecule has 0 unspecified atom stereocenters. The van der Waals surface area contributed by atoms with Gasteiger partial charge in [0, 0.05) is 5.37 Å². The van der Waals surface area contributed by atoms with E-state index in [1.165, 1.54) is 51.4 Å². The van der Waals surface area contributed by atoms with Gasteiger partial charge in [0.1, 0.15) is 0 Å². The fourth-order valence-corrected chi connectivity index (χ4v) is 1.99. The summed E-state index contributed by atoms with van der Waals surface area (Å²) >= 11 is 4.87. The molecular formula is C10H17S. The van der Waals surface area contributed by atoms with Gasteiger partial charge in [-0.15, -0.1) is 0 Å². The van der Waals surface area contributed by atoms with E-state index in [0.29, 0.717) is 5.92 Å². The molecule has 0 saturated heterocycles. The molecule has 0 heterocycles. The summed E-state index contributed by atoms with van der Waals surface area (Å²) in [5, 5.41) is 2.98. The molecule has 1 heteroatoms. The van der Waals surface area contributed by atoms with Crippen molar-refractivity contribution < 1.29 is 0 Å². The molecule has 0 amide bonds. The maximum absolute atomic E-state index is 4.87. The van der Waals surface area contributed by atoms with Crippen molar-refractivity contribution in [1.82, 2.24) is 0 Å². The van der Waals surface area contributed by atoms with Crippen molar-refractivity contribution in [2.24, 2.45) is 5.92 Å². The molecule has 1 saturated carbocycles. The molecule has 63 valence electrons. The van der Waals surface area contributed by atoms with Gasteiger partial charge in [-0.2, -0.15) is 0 Å². The minimum absolute atomic E-state index is 0.628. The van der Waals surface area contributed by atoms with Gasteiger partial charge < -0.3 is 0 Å². The normalized spacial score (nSPS) is 23.3. The summed E-state index contributed by atoms with van der Waals surface area (Å²) < 4.78 is 0. The van der Waals surface area contributed by atoms with Crippen molar-refractivity contribution in [2.75, 3.05) is 0 Å². The first-order chi connectivity index (χ1) is 5.43. The third-order valence-corrected chi connectivity index (χ3v) is 2.86. The maximum atomic E-state index is 4.87. The van der Waals surface area contributed by atoms with Gasteiger partial charge in [-0.1, -0.05) is 50.7 Å². The number of rotatable bonds is 1. The lowest BCUT2D eigenvalue weighted by molar-refractivity contribution is 0.549. The molecule has 0 spiro atoms. The first-order valence-corrected chi connectivity index (χ1v) is 5.22. The highest BCUT2D eigenvalue weighted by atomic mass is 32.1. The number of thiocarbonyl (C=S) groups is 1. The van der Waals surface area contributed by atoms with Gasteiger partial charge in [0.2, 0.25) is 0 Å². The van der Waals surface area contributed by atoms with Gasteiger partial charge >= 0.3 is 0 Å². The van der Waals surface area contributed by atoms with Gasteiger partial charge in [-0.05, 0) is 18.8 Å². The standard InChI is InChI=1S/C10H17S/c11-9-10-7-5-3-1-2-4-6-8-10/h10H,1-8H2. The van der Waals surface area contributed by atoms with E-state index >= 15 is 0 Å². The van der Waals surface area contributed by atoms with E-state index < -0.39 is 0 Å². The summed E-state index contributed by atoms with van der Waals surface area (Å²) in [6.07, 6.45) is 11.0. The zero-order valence-corrected chi connectivity index (χ0v) is 7.96. The Balaban J connectivity index is 2.24. The van der Waals surface area contributed by atoms with Crippen molar-refractivity contribution >= 4 is 17.6 Å². The molecule has 1 rings (SSSR count). The molecule has 0 aliphatic heterocycles. The molecule has 0 aromatic rings. The highest BCUT2D eigenvalue weighted by molar-refractivity contribution is 7.79. The third-order valence-electron chi connectivity index (χ3n) is 2.52. The van der Waals surface area contributed by atoms with E-state index in [9.17, 15) is 0 Å². The average molecular weight is 169 g/mol. The van der Waals surface area contributed by atoms with Crippen molar-refractivity contribution in [2.45, 2.75) is 51.4 Å². The predicted octanol–water partition coefficient (Wildman–Crippen LogP) is 3.61. The Morgan fingerprint density at radius 3 is 1.73 bits per heavy atom. The second kappa shape index (κ2) is 5.70. The Morgan fingerprint density at radius 2 is 1.27 bits per heavy atom. The molecule has 0 aromatic heterocycles. The minimum Gasteiger partial charge on any atom is -0.0834 e. The van der Waals surface area contributed by atoms with Crippen LogP contribution in [0, 0.1) is 5.92 Å². The lowest BCUT2D eigenvalue weighted by atomic mass is 9.99. The fraction of sp³-hybridized carbons (Fsp3) is 0.900. The first-order valence-electron chi connectivity index (χ1n) is 4.81. The summed E-state index contributed by atoms with van der Waals surface area (Å²) in [4.78, 5) is 0. The molecule has 1 radical (unpaired) electrons. The summed E-state index contributed by atoms with van der Waals surface area (Å²) in [6.45, 7) is 0. The van der Waals surface area contributed by atoms with E-state index in [0.717, 1.165) is 0 Å². The van der Waals surface area contributed by atoms with Gasteiger partial charge in [-0.25, -0.2) is 0 Å². The number of hydrogen-bond donors (Lipinski definition) is 0. The van der Waals surface area contributed by atoms with E-state index in [1.54, 1.807) is 0 Å². The highest BCUT2D eigenvalue weighted by Crippen LogP contribution is 2.20. The lowest BCUT2D eigenvalue weighted by Gasteiger charge is -2.07. The molecular weight excluding hydrogens is 152 g/mol. The van der Waals surface area contributed by atoms with Crippen molar-refractivity contribution in [1.29, 1.82) is 0 Å². The Kier molecular flexibility index (Phi) is 4.76. The van der Waals surface area contributed by atoms with Crippen LogP contribution < -0.4 is 0 Å². The van der Waals surface area contributed by atoms with Crippen LogP contribution in [0.4, 0.5) is 0 Å². The second-order valence-corrected chi connectivity index (χ2v) is 3.75. The van der Waals surface area contributed by atoms with E-state index in [1.807, 2.05) is 0 Å². The largest absolute Gasteiger partial charge is 0.0834 e. The van der Waals surface area contributed by atoms with Crippen LogP contribution in [-0.4, -0.2) is 5.37 Å². The Bertz CT molecular complexity index is 99.4. The zero-order chi connectivity index (χ0) is 7.94. The SMILES string of the molecule is S=[C]C1CCCCCCCC1. The molecule has 1 aliphatic carbocycles. The topological polar surface area (TPSA) is 0 Å². The Morgan fingerprint density at radius 1 is 0.818 bits per heavy atom. The number of hydrogen-bond acceptors (Lipinski definition) is 1. The van der Waals surface area contributed by atoms with Crippen molar-refractivity contribution in [3.05, 3.63) is 0 Å². The van der Waals surface area contributed by atoms with Gasteiger partial charge in [0.15, 0.2) is 0 Å². The van der Waals surface area contributed by atoms with E-state index in [4.69, 9.17) is 12.2 Å². The van der Waals surface area contributed by atoms with Gasteiger partial charge in [0.05, 0.1) is 0 Å². The molecule has 0 nitrogen and oxygen atoms in total. The molecule has 1 fully saturated rings. The average Bonchev–Trinajstić information content (AvgIpc) is 2.16. The zero-order valence-electron chi connectivity index (χ0n) is 7.14. The third kappa shape index (κ3) is 3.85. The minimum atomic E-state index is 0.628. The molecule has 1 aliphatic rings. The Labute approximate surface area is 75.4 Å². The van der Waals surface area contributed by atoms with Crippen molar-refractivity contribution in [3.63, 3.8) is 0 Å². The van der Waals surface area contributed by atoms with Crippen LogP contribution in [0.5, 0.6) is 0 Å². The smallest absolute Gasteiger partial charge is 0.0325 e. The van der Waals surface area contributed by atoms with Gasteiger partial charge in [-0.3, -0.25) is 0 Å². The fourth-order valence-electron chi connectivity index (χ4n) is 1.75. The van der Waals surface area contributed by atoms with Crippen LogP contribution in [-0.2, 0) is 0 Å². The monoisotopic (exact) mass is 169 g/mol. The van der Waals surface area contributed by atoms with Crippen molar-refractivity contribution in [3.8, 4) is 0 Å². The van der Waals surface area contributed by atoms with Gasteiger partial charge in [0.25, 0.3) is 0 Å². The summed E-state index contributed by atoms with van der Waals surface area (Å²) in [7, 11) is 0. The summed E-state index contributed by atoms with van der Waals surface area (Å²) in [5.74, 6) is 0.628.